The van der Waals surface area contributed by atoms with Gasteiger partial charge >= 0.3 is 0 Å². The molecule has 2 saturated carbocycles. The van der Waals surface area contributed by atoms with Gasteiger partial charge in [-0.25, -0.2) is 26.3 Å². The van der Waals surface area contributed by atoms with Crippen molar-refractivity contribution in [3.63, 3.8) is 0 Å². The van der Waals surface area contributed by atoms with E-state index in [1.807, 2.05) is 72.8 Å². The van der Waals surface area contributed by atoms with E-state index >= 15 is 0 Å². The van der Waals surface area contributed by atoms with E-state index in [9.17, 15) is 21.6 Å². The number of benzene rings is 4. The Labute approximate surface area is 445 Å². The molecule has 11 nitrogen and oxygen atoms in total. The molecule has 382 valence electrons. The van der Waals surface area contributed by atoms with Crippen LogP contribution >= 0.6 is 69.6 Å². The fourth-order valence-corrected chi connectivity index (χ4v) is 13.2. The smallest absolute Gasteiger partial charge is 0.223 e. The van der Waals surface area contributed by atoms with E-state index in [-0.39, 0.29) is 53.8 Å². The average molecular weight is 1120 g/mol. The highest BCUT2D eigenvalue weighted by molar-refractivity contribution is 7.89. The number of nitrogens with zero attached hydrogens (tertiary/aromatic N) is 2. The van der Waals surface area contributed by atoms with E-state index < -0.39 is 20.0 Å². The summed E-state index contributed by atoms with van der Waals surface area (Å²) < 4.78 is 55.9. The van der Waals surface area contributed by atoms with Crippen molar-refractivity contribution in [1.29, 1.82) is 0 Å². The number of anilines is 2. The lowest BCUT2D eigenvalue weighted by atomic mass is 9.88. The van der Waals surface area contributed by atoms with Crippen LogP contribution in [0.2, 0.25) is 30.1 Å². The monoisotopic (exact) mass is 1110 g/mol. The molecule has 0 radical (unpaired) electrons. The first-order valence-corrected chi connectivity index (χ1v) is 30.0. The largest absolute Gasteiger partial charge is 0.364 e. The molecule has 0 spiro atoms. The lowest BCUT2D eigenvalue weighted by molar-refractivity contribution is -0.122. The molecule has 4 aromatic rings. The van der Waals surface area contributed by atoms with Crippen LogP contribution in [0.3, 0.4) is 0 Å². The number of carbonyl (C=O) groups is 1. The van der Waals surface area contributed by atoms with Crippen LogP contribution in [-0.2, 0) is 24.8 Å². The number of carbonyl (C=O) groups excluding carboxylic acids is 1. The van der Waals surface area contributed by atoms with E-state index in [0.29, 0.717) is 68.8 Å². The first-order valence-electron chi connectivity index (χ1n) is 24.4. The van der Waals surface area contributed by atoms with E-state index in [0.717, 1.165) is 67.6 Å². The molecular weight excluding hydrogens is 1050 g/mol. The standard InChI is InChI=1S/C27H36Cl3N3O2S.C24H28Cl3N3O3S/c28-22-7-10-24(11-8-22)33-19-21(6-13-27(33)25-12-9-23(29)16-26(25)30)18-32-36(34,35)15-14-31-17-20-4-2-1-3-5-20;25-18-4-7-20(8-5-18)30-15-16(1-10-23(30)21-9-6-19(26)13-22(21)27)14-29-34(32,33)12-11-28-24(31)17-2-3-17/h7-12,16,20-21,27,31-32H,1-6,13-15,17-19H2;4-9,13,16-17,23,29H,1-3,10-12,14-15H2,(H,28,31)/t21-,27-;16-,23-/m00/s1. The molecule has 4 atom stereocenters. The van der Waals surface area contributed by atoms with Crippen LogP contribution in [0.5, 0.6) is 0 Å². The zero-order valence-electron chi connectivity index (χ0n) is 39.2. The van der Waals surface area contributed by atoms with E-state index in [1.54, 1.807) is 12.1 Å². The highest BCUT2D eigenvalue weighted by Gasteiger charge is 2.34. The van der Waals surface area contributed by atoms with Crippen molar-refractivity contribution in [2.75, 3.05) is 67.1 Å². The molecule has 8 rings (SSSR count). The summed E-state index contributed by atoms with van der Waals surface area (Å²) in [6.45, 7) is 3.68. The van der Waals surface area contributed by atoms with Crippen molar-refractivity contribution in [1.82, 2.24) is 20.1 Å². The summed E-state index contributed by atoms with van der Waals surface area (Å²) in [6.07, 6.45) is 11.6. The topological polar surface area (TPSA) is 140 Å². The Bertz CT molecular complexity index is 2570. The molecule has 1 amide bonds. The van der Waals surface area contributed by atoms with E-state index in [1.165, 1.54) is 32.1 Å². The molecule has 4 fully saturated rings. The Kier molecular flexibility index (Phi) is 20.6. The van der Waals surface area contributed by atoms with Gasteiger partial charge in [0, 0.05) is 86.7 Å². The van der Waals surface area contributed by atoms with Gasteiger partial charge < -0.3 is 20.4 Å². The quantitative estimate of drug-likeness (QED) is 0.0681. The highest BCUT2D eigenvalue weighted by Crippen LogP contribution is 2.42. The number of hydrogen-bond donors (Lipinski definition) is 4. The van der Waals surface area contributed by atoms with Crippen LogP contribution in [0, 0.1) is 23.7 Å². The third-order valence-corrected chi connectivity index (χ3v) is 18.2. The van der Waals surface area contributed by atoms with Crippen LogP contribution in [0.25, 0.3) is 0 Å². The van der Waals surface area contributed by atoms with Crippen molar-refractivity contribution in [2.45, 2.75) is 82.7 Å². The van der Waals surface area contributed by atoms with Gasteiger partial charge in [-0.3, -0.25) is 4.79 Å². The van der Waals surface area contributed by atoms with E-state index in [2.05, 4.69) is 29.9 Å². The Morgan fingerprint density at radius 3 is 1.39 bits per heavy atom. The van der Waals surface area contributed by atoms with Gasteiger partial charge in [-0.05, 0) is 160 Å². The molecule has 4 N–H and O–H groups in total. The summed E-state index contributed by atoms with van der Waals surface area (Å²) in [6, 6.07) is 26.7. The SMILES string of the molecule is O=C(NCCS(=O)(=O)NC[C@@H]1CC[C@@H](c2ccc(Cl)cc2Cl)N(c2ccc(Cl)cc2)C1)C1CC1.O=S(=O)(CCNCC1CCCCC1)NC[C@@H]1CC[C@@H](c2ccc(Cl)cc2Cl)N(c2ccc(Cl)cc2)C1. The number of halogens is 6. The molecule has 0 unspecified atom stereocenters. The van der Waals surface area contributed by atoms with Crippen LogP contribution in [0.1, 0.15) is 93.8 Å². The second kappa shape index (κ2) is 26.1. The fourth-order valence-electron chi connectivity index (χ4n) is 9.79. The van der Waals surface area contributed by atoms with Crippen molar-refractivity contribution in [3.8, 4) is 0 Å². The predicted molar refractivity (Wildman–Crippen MR) is 290 cm³/mol. The van der Waals surface area contributed by atoms with Gasteiger partial charge in [0.2, 0.25) is 26.0 Å². The normalized spacial score (nSPS) is 21.2. The van der Waals surface area contributed by atoms with Crippen LogP contribution < -0.4 is 29.9 Å². The molecule has 70 heavy (non-hydrogen) atoms. The maximum atomic E-state index is 12.7. The van der Waals surface area contributed by atoms with Crippen LogP contribution in [0.15, 0.2) is 84.9 Å². The molecule has 2 heterocycles. The second-order valence-electron chi connectivity index (χ2n) is 19.1. The van der Waals surface area contributed by atoms with Crippen molar-refractivity contribution >= 4 is 107 Å². The van der Waals surface area contributed by atoms with Crippen molar-refractivity contribution in [2.24, 2.45) is 23.7 Å². The highest BCUT2D eigenvalue weighted by atomic mass is 35.5. The number of sulfonamides is 2. The van der Waals surface area contributed by atoms with E-state index in [4.69, 9.17) is 69.6 Å². The van der Waals surface area contributed by atoms with Gasteiger partial charge in [-0.1, -0.05) is 101 Å². The Balaban J connectivity index is 0.000000207. The van der Waals surface area contributed by atoms with Crippen molar-refractivity contribution in [3.05, 3.63) is 126 Å². The van der Waals surface area contributed by atoms with Crippen LogP contribution in [-0.4, -0.2) is 80.1 Å². The number of amides is 1. The van der Waals surface area contributed by atoms with Gasteiger partial charge in [-0.15, -0.1) is 0 Å². The molecular formula is C51H64Cl6N6O5S2. The molecule has 2 aliphatic heterocycles. The summed E-state index contributed by atoms with van der Waals surface area (Å²) >= 11 is 37.6. The number of nitrogens with one attached hydrogen (secondary N) is 4. The second-order valence-corrected chi connectivity index (χ2v) is 25.5. The summed E-state index contributed by atoms with van der Waals surface area (Å²) in [4.78, 5) is 16.3. The van der Waals surface area contributed by atoms with Crippen LogP contribution in [0.4, 0.5) is 11.4 Å². The van der Waals surface area contributed by atoms with Crippen molar-refractivity contribution < 1.29 is 21.6 Å². The summed E-state index contributed by atoms with van der Waals surface area (Å²) in [5.74, 6) is 1.00. The Morgan fingerprint density at radius 2 is 0.943 bits per heavy atom. The average Bonchev–Trinajstić information content (AvgIpc) is 4.20. The molecule has 19 heteroatoms. The van der Waals surface area contributed by atoms with Gasteiger partial charge in [0.1, 0.15) is 0 Å². The summed E-state index contributed by atoms with van der Waals surface area (Å²) in [5, 5.41) is 9.85. The minimum absolute atomic E-state index is 0.0384. The number of rotatable bonds is 19. The molecule has 4 aliphatic rings. The first-order chi connectivity index (χ1) is 33.5. The fraction of sp³-hybridized carbons (Fsp3) is 0.510. The first kappa shape index (κ1) is 55.2. The molecule has 2 aliphatic carbocycles. The van der Waals surface area contributed by atoms with Gasteiger partial charge in [0.15, 0.2) is 0 Å². The van der Waals surface area contributed by atoms with Gasteiger partial charge in [-0.2, -0.15) is 0 Å². The predicted octanol–water partition coefficient (Wildman–Crippen LogP) is 11.7. The minimum Gasteiger partial charge on any atom is -0.364 e. The Hall–Kier alpha value is -2.53. The Morgan fingerprint density at radius 1 is 0.500 bits per heavy atom. The minimum atomic E-state index is -3.48. The zero-order valence-corrected chi connectivity index (χ0v) is 45.4. The lowest BCUT2D eigenvalue weighted by Gasteiger charge is -2.42. The summed E-state index contributed by atoms with van der Waals surface area (Å²) in [5.41, 5.74) is 4.05. The third kappa shape index (κ3) is 16.7. The third-order valence-electron chi connectivity index (χ3n) is 13.8. The lowest BCUT2D eigenvalue weighted by Crippen LogP contribution is -2.44. The molecule has 0 bridgehead atoms. The molecule has 0 aromatic heterocycles. The van der Waals surface area contributed by atoms with Gasteiger partial charge in [0.25, 0.3) is 0 Å². The molecule has 4 aromatic carbocycles. The maximum absolute atomic E-state index is 12.7. The maximum Gasteiger partial charge on any atom is 0.223 e. The van der Waals surface area contributed by atoms with Gasteiger partial charge in [0.05, 0.1) is 23.6 Å². The summed E-state index contributed by atoms with van der Waals surface area (Å²) in [7, 11) is -6.82. The molecule has 2 saturated heterocycles. The number of hydrogen-bond acceptors (Lipinski definition) is 8. The zero-order chi connectivity index (χ0) is 49.8. The number of piperidine rings is 2.